The van der Waals surface area contributed by atoms with Gasteiger partial charge in [-0.15, -0.1) is 0 Å². The zero-order chi connectivity index (χ0) is 21.7. The van der Waals surface area contributed by atoms with Gasteiger partial charge in [-0.3, -0.25) is 4.79 Å². The Labute approximate surface area is 175 Å². The van der Waals surface area contributed by atoms with Crippen molar-refractivity contribution >= 4 is 5.91 Å². The Morgan fingerprint density at radius 2 is 1.33 bits per heavy atom. The van der Waals surface area contributed by atoms with E-state index in [0.29, 0.717) is 22.8 Å². The molecule has 6 heteroatoms. The van der Waals surface area contributed by atoms with Crippen LogP contribution in [0.3, 0.4) is 0 Å². The number of ether oxygens (including phenoxy) is 3. The van der Waals surface area contributed by atoms with Crippen molar-refractivity contribution in [3.8, 4) is 17.2 Å². The predicted molar refractivity (Wildman–Crippen MR) is 113 cm³/mol. The summed E-state index contributed by atoms with van der Waals surface area (Å²) < 4.78 is 29.6. The highest BCUT2D eigenvalue weighted by molar-refractivity contribution is 5.98. The van der Waals surface area contributed by atoms with Gasteiger partial charge in [-0.25, -0.2) is 4.39 Å². The van der Waals surface area contributed by atoms with Crippen LogP contribution >= 0.6 is 0 Å². The van der Waals surface area contributed by atoms with Crippen molar-refractivity contribution in [1.82, 2.24) is 4.90 Å². The molecule has 1 amide bonds. The molecule has 0 saturated heterocycles. The summed E-state index contributed by atoms with van der Waals surface area (Å²) in [5.41, 5.74) is 2.03. The Balaban J connectivity index is 2.08. The molecule has 156 valence electrons. The minimum atomic E-state index is -0.419. The molecule has 0 fully saturated rings. The zero-order valence-corrected chi connectivity index (χ0v) is 17.4. The van der Waals surface area contributed by atoms with Crippen molar-refractivity contribution in [2.24, 2.45) is 0 Å². The highest BCUT2D eigenvalue weighted by atomic mass is 19.1. The molecule has 5 nitrogen and oxygen atoms in total. The fourth-order valence-electron chi connectivity index (χ4n) is 3.42. The van der Waals surface area contributed by atoms with Crippen LogP contribution in [0.25, 0.3) is 0 Å². The first-order chi connectivity index (χ1) is 14.5. The molecule has 0 N–H and O–H groups in total. The number of hydrogen-bond donors (Lipinski definition) is 0. The molecule has 0 spiro atoms. The maximum absolute atomic E-state index is 13.5. The van der Waals surface area contributed by atoms with E-state index in [1.165, 1.54) is 33.5 Å². The molecule has 0 heterocycles. The van der Waals surface area contributed by atoms with Gasteiger partial charge in [-0.2, -0.15) is 0 Å². The van der Waals surface area contributed by atoms with Gasteiger partial charge in [0.2, 0.25) is 0 Å². The highest BCUT2D eigenvalue weighted by Crippen LogP contribution is 2.37. The van der Waals surface area contributed by atoms with Crippen LogP contribution in [0.2, 0.25) is 0 Å². The van der Waals surface area contributed by atoms with Crippen LogP contribution in [-0.2, 0) is 0 Å². The molecule has 0 aliphatic carbocycles. The van der Waals surface area contributed by atoms with E-state index in [2.05, 4.69) is 0 Å². The van der Waals surface area contributed by atoms with Crippen LogP contribution in [0.15, 0.2) is 66.7 Å². The maximum Gasteiger partial charge on any atom is 0.258 e. The molecule has 0 radical (unpaired) electrons. The second kappa shape index (κ2) is 9.31. The van der Waals surface area contributed by atoms with E-state index in [1.807, 2.05) is 30.3 Å². The summed E-state index contributed by atoms with van der Waals surface area (Å²) >= 11 is 0. The van der Waals surface area contributed by atoms with Gasteiger partial charge in [0.25, 0.3) is 5.91 Å². The van der Waals surface area contributed by atoms with Crippen molar-refractivity contribution < 1.29 is 23.4 Å². The van der Waals surface area contributed by atoms with Crippen LogP contribution in [0.4, 0.5) is 4.39 Å². The van der Waals surface area contributed by atoms with E-state index in [-0.39, 0.29) is 11.7 Å². The van der Waals surface area contributed by atoms with Gasteiger partial charge in [0.15, 0.2) is 11.5 Å². The van der Waals surface area contributed by atoms with Gasteiger partial charge in [0.05, 0.1) is 32.9 Å². The zero-order valence-electron chi connectivity index (χ0n) is 17.4. The lowest BCUT2D eigenvalue weighted by atomic mass is 9.96. The molecular formula is C24H24FNO4. The molecule has 3 aromatic rings. The lowest BCUT2D eigenvalue weighted by molar-refractivity contribution is 0.0751. The van der Waals surface area contributed by atoms with Gasteiger partial charge in [-0.1, -0.05) is 42.5 Å². The van der Waals surface area contributed by atoms with Crippen molar-refractivity contribution in [1.29, 1.82) is 0 Å². The van der Waals surface area contributed by atoms with E-state index in [9.17, 15) is 9.18 Å². The molecule has 1 unspecified atom stereocenters. The number of rotatable bonds is 7. The van der Waals surface area contributed by atoms with Crippen LogP contribution in [0, 0.1) is 5.82 Å². The third-order valence-electron chi connectivity index (χ3n) is 4.94. The minimum Gasteiger partial charge on any atom is -0.496 e. The van der Waals surface area contributed by atoms with E-state index < -0.39 is 6.04 Å². The summed E-state index contributed by atoms with van der Waals surface area (Å²) in [6.07, 6.45) is 0. The van der Waals surface area contributed by atoms with E-state index in [0.717, 1.165) is 11.1 Å². The van der Waals surface area contributed by atoms with Crippen molar-refractivity contribution in [2.45, 2.75) is 6.04 Å². The average Bonchev–Trinajstić information content (AvgIpc) is 2.79. The number of nitrogens with zero attached hydrogens (tertiary/aromatic N) is 1. The lowest BCUT2D eigenvalue weighted by Gasteiger charge is -2.30. The van der Waals surface area contributed by atoms with Gasteiger partial charge < -0.3 is 19.1 Å². The first-order valence-corrected chi connectivity index (χ1v) is 9.37. The fraction of sp³-hybridized carbons (Fsp3) is 0.208. The summed E-state index contributed by atoms with van der Waals surface area (Å²) in [7, 11) is 6.23. The number of benzene rings is 3. The number of methoxy groups -OCH3 is 3. The third kappa shape index (κ3) is 4.22. The molecule has 3 rings (SSSR count). The summed E-state index contributed by atoms with van der Waals surface area (Å²) in [6.45, 7) is 0. The summed E-state index contributed by atoms with van der Waals surface area (Å²) in [6, 6.07) is 18.5. The Morgan fingerprint density at radius 1 is 0.800 bits per heavy atom. The summed E-state index contributed by atoms with van der Waals surface area (Å²) in [4.78, 5) is 15.1. The van der Waals surface area contributed by atoms with Gasteiger partial charge >= 0.3 is 0 Å². The van der Waals surface area contributed by atoms with Crippen molar-refractivity contribution in [3.63, 3.8) is 0 Å². The van der Waals surface area contributed by atoms with Gasteiger partial charge in [0, 0.05) is 19.2 Å². The van der Waals surface area contributed by atoms with Crippen molar-refractivity contribution in [2.75, 3.05) is 28.4 Å². The molecule has 30 heavy (non-hydrogen) atoms. The number of carbonyl (C=O) groups is 1. The Kier molecular flexibility index (Phi) is 6.57. The second-order valence-corrected chi connectivity index (χ2v) is 6.69. The largest absolute Gasteiger partial charge is 0.496 e. The molecule has 1 atom stereocenters. The monoisotopic (exact) mass is 409 g/mol. The average molecular weight is 409 g/mol. The molecule has 0 saturated carbocycles. The third-order valence-corrected chi connectivity index (χ3v) is 4.94. The summed E-state index contributed by atoms with van der Waals surface area (Å²) in [5, 5.41) is 0. The van der Waals surface area contributed by atoms with Gasteiger partial charge in [-0.05, 0) is 23.3 Å². The normalized spacial score (nSPS) is 11.5. The molecule has 0 bridgehead atoms. The SMILES string of the molecule is COc1cc(OC)c(C(=O)N(C)C(c2ccccc2)c2ccc(F)cc2)cc1OC. The second-order valence-electron chi connectivity index (χ2n) is 6.69. The Hall–Kier alpha value is -3.54. The molecule has 0 aliphatic heterocycles. The van der Waals surface area contributed by atoms with Crippen LogP contribution in [0.1, 0.15) is 27.5 Å². The molecular weight excluding hydrogens is 385 g/mol. The molecule has 3 aromatic carbocycles. The van der Waals surface area contributed by atoms with E-state index in [1.54, 1.807) is 36.2 Å². The fourth-order valence-corrected chi connectivity index (χ4v) is 3.42. The number of hydrogen-bond acceptors (Lipinski definition) is 4. The first kappa shape index (κ1) is 21.2. The Morgan fingerprint density at radius 3 is 1.90 bits per heavy atom. The lowest BCUT2D eigenvalue weighted by Crippen LogP contribution is -2.32. The van der Waals surface area contributed by atoms with Gasteiger partial charge in [0.1, 0.15) is 11.6 Å². The first-order valence-electron chi connectivity index (χ1n) is 9.37. The summed E-state index contributed by atoms with van der Waals surface area (Å²) in [5.74, 6) is 0.655. The molecule has 0 aromatic heterocycles. The number of halogens is 1. The maximum atomic E-state index is 13.5. The van der Waals surface area contributed by atoms with Crippen LogP contribution in [0.5, 0.6) is 17.2 Å². The quantitative estimate of drug-likeness (QED) is 0.567. The van der Waals surface area contributed by atoms with Crippen LogP contribution < -0.4 is 14.2 Å². The number of amides is 1. The molecule has 0 aliphatic rings. The Bertz CT molecular complexity index is 1010. The standard InChI is InChI=1S/C24H24FNO4/c1-26(24(27)19-14-21(29-3)22(30-4)15-20(19)28-2)23(16-8-6-5-7-9-16)17-10-12-18(25)13-11-17/h5-15,23H,1-4H3. The van der Waals surface area contributed by atoms with E-state index in [4.69, 9.17) is 14.2 Å². The number of carbonyl (C=O) groups excluding carboxylic acids is 1. The smallest absolute Gasteiger partial charge is 0.258 e. The van der Waals surface area contributed by atoms with Crippen molar-refractivity contribution in [3.05, 3.63) is 89.2 Å². The predicted octanol–water partition coefficient (Wildman–Crippen LogP) is 4.71. The minimum absolute atomic E-state index is 0.272. The highest BCUT2D eigenvalue weighted by Gasteiger charge is 2.27. The topological polar surface area (TPSA) is 48.0 Å². The van der Waals surface area contributed by atoms with E-state index >= 15 is 0 Å². The van der Waals surface area contributed by atoms with Crippen LogP contribution in [-0.4, -0.2) is 39.2 Å².